The zero-order chi connectivity index (χ0) is 13.9. The fourth-order valence-electron chi connectivity index (χ4n) is 1.76. The van der Waals surface area contributed by atoms with Gasteiger partial charge >= 0.3 is 0 Å². The summed E-state index contributed by atoms with van der Waals surface area (Å²) in [7, 11) is 1.55. The summed E-state index contributed by atoms with van der Waals surface area (Å²) in [5, 5.41) is 9.14. The summed E-state index contributed by atoms with van der Waals surface area (Å²) in [4.78, 5) is 23.2. The van der Waals surface area contributed by atoms with Gasteiger partial charge in [0.1, 0.15) is 12.1 Å². The topological polar surface area (TPSA) is 111 Å². The van der Waals surface area contributed by atoms with E-state index in [4.69, 9.17) is 10.5 Å². The molecule has 1 aromatic rings. The molecular weight excluding hydrogens is 250 g/mol. The Morgan fingerprint density at radius 1 is 1.63 bits per heavy atom. The largest absolute Gasteiger partial charge is 0.379 e. The second-order valence-electron chi connectivity index (χ2n) is 4.51. The molecule has 4 N–H and O–H groups in total. The van der Waals surface area contributed by atoms with Crippen LogP contribution in [-0.2, 0) is 20.9 Å². The molecule has 1 aliphatic heterocycles. The summed E-state index contributed by atoms with van der Waals surface area (Å²) >= 11 is 0. The first kappa shape index (κ1) is 13.5. The van der Waals surface area contributed by atoms with Gasteiger partial charge in [-0.15, -0.1) is 0 Å². The van der Waals surface area contributed by atoms with E-state index < -0.39 is 5.54 Å². The Morgan fingerprint density at radius 2 is 2.42 bits per heavy atom. The monoisotopic (exact) mass is 267 g/mol. The van der Waals surface area contributed by atoms with Gasteiger partial charge in [-0.25, -0.2) is 0 Å². The van der Waals surface area contributed by atoms with Crippen LogP contribution in [0, 0.1) is 0 Å². The number of carbonyl (C=O) groups excluding carboxylic acids is 2. The van der Waals surface area contributed by atoms with Gasteiger partial charge in [-0.3, -0.25) is 14.3 Å². The van der Waals surface area contributed by atoms with Crippen LogP contribution in [0.2, 0.25) is 0 Å². The average molecular weight is 267 g/mol. The highest BCUT2D eigenvalue weighted by molar-refractivity contribution is 5.98. The van der Waals surface area contributed by atoms with Gasteiger partial charge in [0.2, 0.25) is 11.8 Å². The van der Waals surface area contributed by atoms with Crippen molar-refractivity contribution in [2.45, 2.75) is 18.5 Å². The van der Waals surface area contributed by atoms with Crippen molar-refractivity contribution < 1.29 is 14.3 Å². The fraction of sp³-hybridized carbons (Fsp3) is 0.545. The molecule has 0 saturated carbocycles. The predicted molar refractivity (Wildman–Crippen MR) is 67.3 cm³/mol. The van der Waals surface area contributed by atoms with Gasteiger partial charge in [-0.05, 0) is 6.42 Å². The van der Waals surface area contributed by atoms with E-state index in [1.165, 1.54) is 10.9 Å². The Labute approximate surface area is 110 Å². The molecule has 1 aliphatic rings. The standard InChI is InChI=1S/C11H17N5O3/c1-13-9(17)6-16-5-8(4-14-16)15-10(18)11(12)2-3-19-7-11/h4-5H,2-3,6-7,12H2,1H3,(H,13,17)(H,15,18). The van der Waals surface area contributed by atoms with Gasteiger partial charge in [0.25, 0.3) is 0 Å². The molecule has 19 heavy (non-hydrogen) atoms. The number of carbonyl (C=O) groups is 2. The summed E-state index contributed by atoms with van der Waals surface area (Å²) in [5.74, 6) is -0.468. The third-order valence-electron chi connectivity index (χ3n) is 2.98. The van der Waals surface area contributed by atoms with Crippen molar-refractivity contribution >= 4 is 17.5 Å². The van der Waals surface area contributed by atoms with E-state index >= 15 is 0 Å². The van der Waals surface area contributed by atoms with Crippen molar-refractivity contribution in [2.75, 3.05) is 25.6 Å². The van der Waals surface area contributed by atoms with Crippen LogP contribution in [-0.4, -0.2) is 47.4 Å². The number of likely N-dealkylation sites (N-methyl/N-ethyl adjacent to an activating group) is 1. The third-order valence-corrected chi connectivity index (χ3v) is 2.98. The lowest BCUT2D eigenvalue weighted by Gasteiger charge is -2.19. The van der Waals surface area contributed by atoms with E-state index in [0.29, 0.717) is 18.7 Å². The van der Waals surface area contributed by atoms with Crippen LogP contribution in [0.5, 0.6) is 0 Å². The van der Waals surface area contributed by atoms with E-state index in [1.54, 1.807) is 13.2 Å². The molecule has 0 aromatic carbocycles. The van der Waals surface area contributed by atoms with Crippen LogP contribution in [0.3, 0.4) is 0 Å². The minimum absolute atomic E-state index is 0.100. The van der Waals surface area contributed by atoms with Gasteiger partial charge in [0, 0.05) is 19.9 Å². The average Bonchev–Trinajstić information content (AvgIpc) is 2.99. The number of rotatable bonds is 4. The van der Waals surface area contributed by atoms with Gasteiger partial charge in [-0.2, -0.15) is 5.10 Å². The molecule has 2 rings (SSSR count). The number of aromatic nitrogens is 2. The van der Waals surface area contributed by atoms with E-state index in [9.17, 15) is 9.59 Å². The molecule has 2 amide bonds. The van der Waals surface area contributed by atoms with Crippen LogP contribution in [0.25, 0.3) is 0 Å². The second kappa shape index (κ2) is 5.37. The molecule has 0 radical (unpaired) electrons. The number of anilines is 1. The molecule has 104 valence electrons. The zero-order valence-corrected chi connectivity index (χ0v) is 10.7. The van der Waals surface area contributed by atoms with Crippen molar-refractivity contribution in [3.8, 4) is 0 Å². The Kier molecular flexibility index (Phi) is 3.82. The smallest absolute Gasteiger partial charge is 0.247 e. The van der Waals surface area contributed by atoms with E-state index in [1.807, 2.05) is 0 Å². The SMILES string of the molecule is CNC(=O)Cn1cc(NC(=O)C2(N)CCOC2)cn1. The highest BCUT2D eigenvalue weighted by Gasteiger charge is 2.38. The maximum absolute atomic E-state index is 12.0. The number of nitrogens with one attached hydrogen (secondary N) is 2. The molecule has 1 atom stereocenters. The number of nitrogens with two attached hydrogens (primary N) is 1. The van der Waals surface area contributed by atoms with Crippen molar-refractivity contribution in [3.63, 3.8) is 0 Å². The summed E-state index contributed by atoms with van der Waals surface area (Å²) in [6.45, 7) is 0.800. The molecule has 0 bridgehead atoms. The molecule has 0 aliphatic carbocycles. The summed E-state index contributed by atoms with van der Waals surface area (Å²) in [5.41, 5.74) is 5.45. The van der Waals surface area contributed by atoms with E-state index in [2.05, 4.69) is 15.7 Å². The van der Waals surface area contributed by atoms with E-state index in [-0.39, 0.29) is 25.0 Å². The molecule has 2 heterocycles. The normalized spacial score (nSPS) is 22.2. The third kappa shape index (κ3) is 3.09. The van der Waals surface area contributed by atoms with Crippen LogP contribution >= 0.6 is 0 Å². The first-order chi connectivity index (χ1) is 9.03. The number of hydrogen-bond acceptors (Lipinski definition) is 5. The van der Waals surface area contributed by atoms with Crippen molar-refractivity contribution in [1.29, 1.82) is 0 Å². The first-order valence-electron chi connectivity index (χ1n) is 5.94. The van der Waals surface area contributed by atoms with Gasteiger partial charge in [0.15, 0.2) is 0 Å². The zero-order valence-electron chi connectivity index (χ0n) is 10.7. The lowest BCUT2D eigenvalue weighted by Crippen LogP contribution is -2.51. The summed E-state index contributed by atoms with van der Waals surface area (Å²) < 4.78 is 6.57. The van der Waals surface area contributed by atoms with Crippen molar-refractivity contribution in [1.82, 2.24) is 15.1 Å². The van der Waals surface area contributed by atoms with Gasteiger partial charge in [0.05, 0.1) is 18.5 Å². The Hall–Kier alpha value is -1.93. The molecule has 8 nitrogen and oxygen atoms in total. The summed E-state index contributed by atoms with van der Waals surface area (Å²) in [6.07, 6.45) is 3.54. The maximum atomic E-state index is 12.0. The van der Waals surface area contributed by atoms with Crippen LogP contribution < -0.4 is 16.4 Å². The van der Waals surface area contributed by atoms with Gasteiger partial charge < -0.3 is 21.1 Å². The number of nitrogens with zero attached hydrogens (tertiary/aromatic N) is 2. The van der Waals surface area contributed by atoms with Crippen LogP contribution in [0.4, 0.5) is 5.69 Å². The second-order valence-corrected chi connectivity index (χ2v) is 4.51. The molecule has 1 saturated heterocycles. The predicted octanol–water partition coefficient (Wildman–Crippen LogP) is -1.31. The lowest BCUT2D eigenvalue weighted by molar-refractivity contribution is -0.121. The molecule has 1 aromatic heterocycles. The highest BCUT2D eigenvalue weighted by atomic mass is 16.5. The fourth-order valence-corrected chi connectivity index (χ4v) is 1.76. The minimum Gasteiger partial charge on any atom is -0.379 e. The molecule has 8 heteroatoms. The molecule has 1 fully saturated rings. The van der Waals surface area contributed by atoms with Crippen LogP contribution in [0.15, 0.2) is 12.4 Å². The van der Waals surface area contributed by atoms with Crippen molar-refractivity contribution in [3.05, 3.63) is 12.4 Å². The minimum atomic E-state index is -0.983. The number of amides is 2. The van der Waals surface area contributed by atoms with E-state index in [0.717, 1.165) is 0 Å². The Balaban J connectivity index is 1.96. The lowest BCUT2D eigenvalue weighted by atomic mass is 9.99. The molecular formula is C11H17N5O3. The molecule has 1 unspecified atom stereocenters. The first-order valence-corrected chi connectivity index (χ1v) is 5.94. The maximum Gasteiger partial charge on any atom is 0.247 e. The number of hydrogen-bond donors (Lipinski definition) is 3. The quantitative estimate of drug-likeness (QED) is 0.627. The highest BCUT2D eigenvalue weighted by Crippen LogP contribution is 2.18. The van der Waals surface area contributed by atoms with Gasteiger partial charge in [-0.1, -0.05) is 0 Å². The van der Waals surface area contributed by atoms with Crippen molar-refractivity contribution in [2.24, 2.45) is 5.73 Å². The Bertz CT molecular complexity index is 478. The van der Waals surface area contributed by atoms with Crippen LogP contribution in [0.1, 0.15) is 6.42 Å². The number of ether oxygens (including phenoxy) is 1. The Morgan fingerprint density at radius 3 is 3.05 bits per heavy atom. The molecule has 0 spiro atoms. The summed E-state index contributed by atoms with van der Waals surface area (Å²) in [6, 6.07) is 0.